The summed E-state index contributed by atoms with van der Waals surface area (Å²) in [5, 5.41) is 0.807. The monoisotopic (exact) mass is 292 g/mol. The lowest BCUT2D eigenvalue weighted by atomic mass is 10.0. The van der Waals surface area contributed by atoms with E-state index in [1.165, 1.54) is 6.07 Å². The summed E-state index contributed by atoms with van der Waals surface area (Å²) in [5.41, 5.74) is 1.44. The Balaban J connectivity index is 0.000000774. The molecule has 1 N–H and O–H groups in total. The maximum atomic E-state index is 12.7. The summed E-state index contributed by atoms with van der Waals surface area (Å²) in [6, 6.07) is 7.07. The Bertz CT molecular complexity index is 729. The molecule has 0 aliphatic rings. The van der Waals surface area contributed by atoms with Crippen LogP contribution in [0.25, 0.3) is 22.0 Å². The van der Waals surface area contributed by atoms with E-state index in [1.807, 2.05) is 13.8 Å². The summed E-state index contributed by atoms with van der Waals surface area (Å²) in [6.45, 7) is 4.00. The Hall–Kier alpha value is -2.30. The third kappa shape index (κ3) is 3.07. The fraction of sp³-hybridized carbons (Fsp3) is 0.188. The zero-order chi connectivity index (χ0) is 15.5. The number of pyridine rings is 1. The van der Waals surface area contributed by atoms with Crippen LogP contribution in [0.3, 0.4) is 0 Å². The number of benzene rings is 1. The van der Waals surface area contributed by atoms with Crippen LogP contribution in [-0.4, -0.2) is 9.97 Å². The number of fused-ring (bicyclic) bond motifs is 1. The first-order valence-electron chi connectivity index (χ1n) is 6.64. The van der Waals surface area contributed by atoms with Crippen molar-refractivity contribution in [3.05, 3.63) is 54.5 Å². The first kappa shape index (κ1) is 15.1. The van der Waals surface area contributed by atoms with Gasteiger partial charge in [0.05, 0.1) is 5.56 Å². The molecule has 2 nitrogen and oxygen atoms in total. The van der Waals surface area contributed by atoms with Gasteiger partial charge in [-0.3, -0.25) is 4.98 Å². The van der Waals surface area contributed by atoms with E-state index in [4.69, 9.17) is 0 Å². The minimum absolute atomic E-state index is 0.522. The van der Waals surface area contributed by atoms with Gasteiger partial charge in [-0.25, -0.2) is 0 Å². The second-order valence-corrected chi connectivity index (χ2v) is 4.20. The van der Waals surface area contributed by atoms with Gasteiger partial charge in [-0.1, -0.05) is 26.0 Å². The van der Waals surface area contributed by atoms with Crippen LogP contribution < -0.4 is 0 Å². The van der Waals surface area contributed by atoms with Gasteiger partial charge in [0.2, 0.25) is 0 Å². The molecule has 3 aromatic rings. The van der Waals surface area contributed by atoms with Gasteiger partial charge in [0.1, 0.15) is 0 Å². The number of alkyl halides is 3. The highest BCUT2D eigenvalue weighted by atomic mass is 19.4. The van der Waals surface area contributed by atoms with Crippen molar-refractivity contribution < 1.29 is 13.2 Å². The van der Waals surface area contributed by atoms with E-state index >= 15 is 0 Å². The lowest BCUT2D eigenvalue weighted by Crippen LogP contribution is -2.04. The molecule has 2 heterocycles. The van der Waals surface area contributed by atoms with Crippen LogP contribution in [0.4, 0.5) is 13.2 Å². The summed E-state index contributed by atoms with van der Waals surface area (Å²) in [5.74, 6) is 0. The molecule has 110 valence electrons. The zero-order valence-electron chi connectivity index (χ0n) is 11.7. The van der Waals surface area contributed by atoms with Gasteiger partial charge in [-0.15, -0.1) is 0 Å². The molecule has 0 saturated heterocycles. The summed E-state index contributed by atoms with van der Waals surface area (Å²) in [4.78, 5) is 7.02. The van der Waals surface area contributed by atoms with E-state index in [0.717, 1.165) is 23.0 Å². The number of halogens is 3. The van der Waals surface area contributed by atoms with Crippen molar-refractivity contribution in [1.82, 2.24) is 9.97 Å². The third-order valence-electron chi connectivity index (χ3n) is 2.98. The van der Waals surface area contributed by atoms with E-state index in [1.54, 1.807) is 30.7 Å². The Morgan fingerprint density at radius 3 is 2.57 bits per heavy atom. The van der Waals surface area contributed by atoms with Crippen LogP contribution in [0.2, 0.25) is 0 Å². The number of hydrogen-bond donors (Lipinski definition) is 1. The first-order valence-corrected chi connectivity index (χ1v) is 6.64. The van der Waals surface area contributed by atoms with Gasteiger partial charge < -0.3 is 4.98 Å². The fourth-order valence-corrected chi connectivity index (χ4v) is 2.06. The van der Waals surface area contributed by atoms with Crippen LogP contribution in [-0.2, 0) is 6.18 Å². The number of hydrogen-bond acceptors (Lipinski definition) is 1. The molecular formula is C16H15F3N2. The van der Waals surface area contributed by atoms with Crippen LogP contribution in [0, 0.1) is 0 Å². The summed E-state index contributed by atoms with van der Waals surface area (Å²) < 4.78 is 38.1. The van der Waals surface area contributed by atoms with Crippen LogP contribution in [0.15, 0.2) is 48.9 Å². The van der Waals surface area contributed by atoms with E-state index < -0.39 is 11.7 Å². The molecule has 5 heteroatoms. The van der Waals surface area contributed by atoms with Crippen molar-refractivity contribution >= 4 is 10.9 Å². The normalized spacial score (nSPS) is 11.1. The van der Waals surface area contributed by atoms with Gasteiger partial charge >= 0.3 is 6.18 Å². The summed E-state index contributed by atoms with van der Waals surface area (Å²) in [6.07, 6.45) is 0.637. The zero-order valence-corrected chi connectivity index (χ0v) is 11.7. The predicted octanol–water partition coefficient (Wildman–Crippen LogP) is 5.27. The average molecular weight is 292 g/mol. The largest absolute Gasteiger partial charge is 0.416 e. The molecule has 0 radical (unpaired) electrons. The molecular weight excluding hydrogens is 277 g/mol. The van der Waals surface area contributed by atoms with E-state index in [2.05, 4.69) is 9.97 Å². The number of aromatic amines is 1. The minimum atomic E-state index is -4.33. The van der Waals surface area contributed by atoms with Crippen molar-refractivity contribution in [3.63, 3.8) is 0 Å². The van der Waals surface area contributed by atoms with Crippen molar-refractivity contribution in [3.8, 4) is 11.1 Å². The lowest BCUT2D eigenvalue weighted by molar-refractivity contribution is -0.137. The second-order valence-electron chi connectivity index (χ2n) is 4.20. The molecule has 0 bridgehead atoms. The topological polar surface area (TPSA) is 28.7 Å². The van der Waals surface area contributed by atoms with Crippen LogP contribution in [0.5, 0.6) is 0 Å². The first-order chi connectivity index (χ1) is 10.1. The van der Waals surface area contributed by atoms with Crippen molar-refractivity contribution in [2.75, 3.05) is 0 Å². The third-order valence-corrected chi connectivity index (χ3v) is 2.98. The average Bonchev–Trinajstić information content (AvgIpc) is 2.92. The van der Waals surface area contributed by atoms with Crippen LogP contribution >= 0.6 is 0 Å². The highest BCUT2D eigenvalue weighted by Crippen LogP contribution is 2.34. The Morgan fingerprint density at radius 1 is 1.10 bits per heavy atom. The fourth-order valence-electron chi connectivity index (χ4n) is 2.06. The quantitative estimate of drug-likeness (QED) is 0.650. The Kier molecular flexibility index (Phi) is 4.31. The van der Waals surface area contributed by atoms with Gasteiger partial charge in [-0.05, 0) is 23.8 Å². The van der Waals surface area contributed by atoms with Crippen molar-refractivity contribution in [1.29, 1.82) is 0 Å². The molecule has 2 aromatic heterocycles. The van der Waals surface area contributed by atoms with Gasteiger partial charge in [0.25, 0.3) is 0 Å². The standard InChI is InChI=1S/C14H9F3N2.C2H6/c15-14(16,17)10-3-1-2-9(6-10)11-8-19-13-4-5-18-7-12(11)13;1-2/h1-8,19H;1-2H3. The molecule has 0 saturated carbocycles. The molecule has 0 fully saturated rings. The van der Waals surface area contributed by atoms with Crippen LogP contribution in [0.1, 0.15) is 19.4 Å². The van der Waals surface area contributed by atoms with E-state index in [0.29, 0.717) is 11.1 Å². The summed E-state index contributed by atoms with van der Waals surface area (Å²) >= 11 is 0. The van der Waals surface area contributed by atoms with E-state index in [-0.39, 0.29) is 0 Å². The SMILES string of the molecule is CC.FC(F)(F)c1cccc(-c2c[nH]c3ccncc23)c1. The Labute approximate surface area is 120 Å². The highest BCUT2D eigenvalue weighted by Gasteiger charge is 2.30. The maximum absolute atomic E-state index is 12.7. The number of nitrogens with zero attached hydrogens (tertiary/aromatic N) is 1. The highest BCUT2D eigenvalue weighted by molar-refractivity contribution is 5.94. The molecule has 0 aliphatic heterocycles. The molecule has 0 aliphatic carbocycles. The second kappa shape index (κ2) is 5.99. The molecule has 21 heavy (non-hydrogen) atoms. The lowest BCUT2D eigenvalue weighted by Gasteiger charge is -2.08. The molecule has 3 rings (SSSR count). The molecule has 0 atom stereocenters. The van der Waals surface area contributed by atoms with Gasteiger partial charge in [0.15, 0.2) is 0 Å². The number of rotatable bonds is 1. The van der Waals surface area contributed by atoms with Gasteiger partial charge in [-0.2, -0.15) is 13.2 Å². The van der Waals surface area contributed by atoms with Crippen molar-refractivity contribution in [2.24, 2.45) is 0 Å². The minimum Gasteiger partial charge on any atom is -0.360 e. The number of nitrogens with one attached hydrogen (secondary N) is 1. The smallest absolute Gasteiger partial charge is 0.360 e. The predicted molar refractivity (Wildman–Crippen MR) is 77.9 cm³/mol. The van der Waals surface area contributed by atoms with E-state index in [9.17, 15) is 13.2 Å². The molecule has 0 amide bonds. The summed E-state index contributed by atoms with van der Waals surface area (Å²) in [7, 11) is 0. The number of aromatic nitrogens is 2. The Morgan fingerprint density at radius 2 is 1.86 bits per heavy atom. The molecule has 1 aromatic carbocycles. The van der Waals surface area contributed by atoms with Crippen molar-refractivity contribution in [2.45, 2.75) is 20.0 Å². The van der Waals surface area contributed by atoms with Gasteiger partial charge in [0, 0.05) is 35.1 Å². The maximum Gasteiger partial charge on any atom is 0.416 e. The molecule has 0 unspecified atom stereocenters. The number of H-pyrrole nitrogens is 1. The molecule has 0 spiro atoms.